The summed E-state index contributed by atoms with van der Waals surface area (Å²) in [7, 11) is 1.53. The number of rotatable bonds is 6. The van der Waals surface area contributed by atoms with Crippen molar-refractivity contribution in [3.05, 3.63) is 59.7 Å². The molecule has 28 heavy (non-hydrogen) atoms. The van der Waals surface area contributed by atoms with Crippen molar-refractivity contribution in [2.24, 2.45) is 5.92 Å². The van der Waals surface area contributed by atoms with Crippen molar-refractivity contribution < 1.29 is 24.2 Å². The van der Waals surface area contributed by atoms with Crippen LogP contribution in [0.25, 0.3) is 0 Å². The van der Waals surface area contributed by atoms with Crippen LogP contribution < -0.4 is 9.47 Å². The average molecular weight is 383 g/mol. The highest BCUT2D eigenvalue weighted by Crippen LogP contribution is 2.35. The fraction of sp³-hybridized carbons (Fsp3) is 0.364. The third kappa shape index (κ3) is 4.11. The van der Waals surface area contributed by atoms with Crippen molar-refractivity contribution in [3.8, 4) is 11.5 Å². The molecule has 0 saturated carbocycles. The predicted octanol–water partition coefficient (Wildman–Crippen LogP) is 3.42. The normalized spacial score (nSPS) is 18.9. The van der Waals surface area contributed by atoms with Crippen LogP contribution in [0.3, 0.4) is 0 Å². The van der Waals surface area contributed by atoms with Gasteiger partial charge in [-0.05, 0) is 37.6 Å². The van der Waals surface area contributed by atoms with E-state index in [-0.39, 0.29) is 24.5 Å². The molecule has 0 spiro atoms. The van der Waals surface area contributed by atoms with Crippen LogP contribution in [-0.4, -0.2) is 48.2 Å². The Bertz CT molecular complexity index is 849. The van der Waals surface area contributed by atoms with Crippen LogP contribution in [0.15, 0.2) is 48.5 Å². The molecule has 3 rings (SSSR count). The highest BCUT2D eigenvalue weighted by Gasteiger charge is 2.40. The molecule has 0 aliphatic carbocycles. The number of carboxylic acids is 1. The molecule has 1 amide bonds. The molecular weight excluding hydrogens is 358 g/mol. The van der Waals surface area contributed by atoms with Gasteiger partial charge < -0.3 is 19.5 Å². The van der Waals surface area contributed by atoms with E-state index < -0.39 is 11.9 Å². The molecule has 2 atom stereocenters. The van der Waals surface area contributed by atoms with Gasteiger partial charge in [0.2, 0.25) is 0 Å². The van der Waals surface area contributed by atoms with E-state index >= 15 is 0 Å². The van der Waals surface area contributed by atoms with E-state index in [0.717, 1.165) is 5.56 Å². The summed E-state index contributed by atoms with van der Waals surface area (Å²) in [6.45, 7) is 4.38. The Morgan fingerprint density at radius 1 is 1.07 bits per heavy atom. The number of methoxy groups -OCH3 is 1. The number of likely N-dealkylation sites (tertiary alicyclic amines) is 1. The van der Waals surface area contributed by atoms with E-state index in [9.17, 15) is 14.7 Å². The van der Waals surface area contributed by atoms with E-state index in [4.69, 9.17) is 9.47 Å². The highest BCUT2D eigenvalue weighted by molar-refractivity contribution is 5.95. The molecule has 0 aromatic heterocycles. The number of hydrogen-bond donors (Lipinski definition) is 1. The lowest BCUT2D eigenvalue weighted by Gasteiger charge is -2.18. The number of carbonyl (C=O) groups is 2. The smallest absolute Gasteiger partial charge is 0.308 e. The first-order valence-corrected chi connectivity index (χ1v) is 9.32. The van der Waals surface area contributed by atoms with Crippen LogP contribution in [0.1, 0.15) is 35.7 Å². The van der Waals surface area contributed by atoms with Gasteiger partial charge in [-0.3, -0.25) is 9.59 Å². The fourth-order valence-electron chi connectivity index (χ4n) is 3.59. The zero-order chi connectivity index (χ0) is 20.3. The number of aliphatic carboxylic acids is 1. The van der Waals surface area contributed by atoms with Crippen LogP contribution in [0.5, 0.6) is 11.5 Å². The minimum Gasteiger partial charge on any atom is -0.493 e. The van der Waals surface area contributed by atoms with Gasteiger partial charge in [-0.15, -0.1) is 0 Å². The minimum absolute atomic E-state index is 0.0167. The van der Waals surface area contributed by atoms with E-state index in [1.807, 2.05) is 44.2 Å². The lowest BCUT2D eigenvalue weighted by atomic mass is 9.89. The molecule has 1 N–H and O–H groups in total. The van der Waals surface area contributed by atoms with Gasteiger partial charge in [-0.25, -0.2) is 0 Å². The summed E-state index contributed by atoms with van der Waals surface area (Å²) in [4.78, 5) is 26.4. The molecule has 0 unspecified atom stereocenters. The fourth-order valence-corrected chi connectivity index (χ4v) is 3.59. The average Bonchev–Trinajstić information content (AvgIpc) is 3.14. The number of nitrogens with zero attached hydrogens (tertiary/aromatic N) is 1. The first-order valence-electron chi connectivity index (χ1n) is 9.32. The van der Waals surface area contributed by atoms with Gasteiger partial charge in [0.1, 0.15) is 0 Å². The minimum atomic E-state index is -0.887. The Morgan fingerprint density at radius 3 is 2.39 bits per heavy atom. The summed E-state index contributed by atoms with van der Waals surface area (Å²) >= 11 is 0. The Labute approximate surface area is 164 Å². The molecular formula is C22H25NO5. The van der Waals surface area contributed by atoms with Crippen molar-refractivity contribution >= 4 is 11.9 Å². The maximum atomic E-state index is 13.0. The first kappa shape index (κ1) is 19.7. The topological polar surface area (TPSA) is 76.1 Å². The van der Waals surface area contributed by atoms with Crippen LogP contribution in [0.4, 0.5) is 0 Å². The van der Waals surface area contributed by atoms with Crippen molar-refractivity contribution in [1.29, 1.82) is 0 Å². The monoisotopic (exact) mass is 383 g/mol. The molecule has 1 heterocycles. The molecule has 1 saturated heterocycles. The third-order valence-electron chi connectivity index (χ3n) is 4.93. The maximum Gasteiger partial charge on any atom is 0.308 e. The van der Waals surface area contributed by atoms with Gasteiger partial charge in [0.25, 0.3) is 5.91 Å². The largest absolute Gasteiger partial charge is 0.493 e. The van der Waals surface area contributed by atoms with E-state index in [2.05, 4.69) is 0 Å². The quantitative estimate of drug-likeness (QED) is 0.827. The number of carboxylic acid groups (broad SMARTS) is 1. The summed E-state index contributed by atoms with van der Waals surface area (Å²) in [5.41, 5.74) is 1.38. The van der Waals surface area contributed by atoms with Crippen LogP contribution in [0.2, 0.25) is 0 Å². The SMILES string of the molecule is COc1cc(C(=O)N2C[C@H](C(=O)O)[C@H](c3ccccc3)C2)ccc1OC(C)C. The molecule has 1 aliphatic heterocycles. The van der Waals surface area contributed by atoms with E-state index in [1.165, 1.54) is 7.11 Å². The summed E-state index contributed by atoms with van der Waals surface area (Å²) in [6.07, 6.45) is -0.0167. The zero-order valence-electron chi connectivity index (χ0n) is 16.3. The molecule has 6 nitrogen and oxygen atoms in total. The second-order valence-corrected chi connectivity index (χ2v) is 7.20. The van der Waals surface area contributed by atoms with E-state index in [1.54, 1.807) is 23.1 Å². The lowest BCUT2D eigenvalue weighted by Crippen LogP contribution is -2.30. The van der Waals surface area contributed by atoms with Gasteiger partial charge in [-0.1, -0.05) is 30.3 Å². The van der Waals surface area contributed by atoms with Crippen molar-refractivity contribution in [3.63, 3.8) is 0 Å². The summed E-state index contributed by atoms with van der Waals surface area (Å²) in [5.74, 6) is -0.902. The maximum absolute atomic E-state index is 13.0. The summed E-state index contributed by atoms with van der Waals surface area (Å²) in [6, 6.07) is 14.5. The van der Waals surface area contributed by atoms with Gasteiger partial charge in [0.05, 0.1) is 19.1 Å². The Hall–Kier alpha value is -3.02. The van der Waals surface area contributed by atoms with Crippen LogP contribution in [0, 0.1) is 5.92 Å². The van der Waals surface area contributed by atoms with Gasteiger partial charge >= 0.3 is 5.97 Å². The molecule has 0 radical (unpaired) electrons. The molecule has 1 fully saturated rings. The lowest BCUT2D eigenvalue weighted by molar-refractivity contribution is -0.141. The second kappa shape index (κ2) is 8.33. The summed E-state index contributed by atoms with van der Waals surface area (Å²) in [5, 5.41) is 9.64. The van der Waals surface area contributed by atoms with Crippen LogP contribution >= 0.6 is 0 Å². The van der Waals surface area contributed by atoms with Crippen LogP contribution in [-0.2, 0) is 4.79 Å². The Morgan fingerprint density at radius 2 is 1.79 bits per heavy atom. The molecule has 6 heteroatoms. The summed E-state index contributed by atoms with van der Waals surface area (Å²) < 4.78 is 11.1. The Kier molecular flexibility index (Phi) is 5.87. The number of amides is 1. The number of benzene rings is 2. The van der Waals surface area contributed by atoms with Gasteiger partial charge in [-0.2, -0.15) is 0 Å². The molecule has 0 bridgehead atoms. The molecule has 2 aromatic carbocycles. The first-order chi connectivity index (χ1) is 13.4. The van der Waals surface area contributed by atoms with Gasteiger partial charge in [0, 0.05) is 24.6 Å². The predicted molar refractivity (Wildman–Crippen MR) is 105 cm³/mol. The third-order valence-corrected chi connectivity index (χ3v) is 4.93. The highest BCUT2D eigenvalue weighted by atomic mass is 16.5. The molecule has 2 aromatic rings. The molecule has 1 aliphatic rings. The zero-order valence-corrected chi connectivity index (χ0v) is 16.3. The molecule has 148 valence electrons. The standard InChI is InChI=1S/C22H25NO5/c1-14(2)28-19-10-9-16(11-20(19)27-3)21(24)23-12-17(18(13-23)22(25)26)15-7-5-4-6-8-15/h4-11,14,17-18H,12-13H2,1-3H3,(H,25,26)/t17-,18-/m0/s1. The van der Waals surface area contributed by atoms with Gasteiger partial charge in [0.15, 0.2) is 11.5 Å². The number of carbonyl (C=O) groups excluding carboxylic acids is 1. The number of hydrogen-bond acceptors (Lipinski definition) is 4. The van der Waals surface area contributed by atoms with Crippen molar-refractivity contribution in [2.45, 2.75) is 25.9 Å². The Balaban J connectivity index is 1.83. The van der Waals surface area contributed by atoms with E-state index in [0.29, 0.717) is 23.6 Å². The van der Waals surface area contributed by atoms with Crippen molar-refractivity contribution in [1.82, 2.24) is 4.90 Å². The second-order valence-electron chi connectivity index (χ2n) is 7.20. The number of ether oxygens (including phenoxy) is 2. The van der Waals surface area contributed by atoms with Crippen molar-refractivity contribution in [2.75, 3.05) is 20.2 Å².